The molecular weight excluding hydrogens is 314 g/mol. The summed E-state index contributed by atoms with van der Waals surface area (Å²) >= 11 is 0. The number of carbonyl (C=O) groups excluding carboxylic acids is 2. The highest BCUT2D eigenvalue weighted by Gasteiger charge is 2.14. The van der Waals surface area contributed by atoms with E-state index in [9.17, 15) is 9.59 Å². The van der Waals surface area contributed by atoms with Crippen LogP contribution in [0, 0.1) is 6.92 Å². The molecule has 5 heteroatoms. The minimum absolute atomic E-state index is 0.269. The molecule has 2 amide bonds. The molecule has 0 unspecified atom stereocenters. The molecule has 3 rings (SSSR count). The summed E-state index contributed by atoms with van der Waals surface area (Å²) < 4.78 is 0. The molecule has 1 heterocycles. The van der Waals surface area contributed by atoms with E-state index in [-0.39, 0.29) is 11.8 Å². The Balaban J connectivity index is 1.79. The number of nitrogens with one attached hydrogen (secondary N) is 2. The lowest BCUT2D eigenvalue weighted by molar-refractivity contribution is 0.102. The predicted octanol–water partition coefficient (Wildman–Crippen LogP) is 3.89. The fourth-order valence-electron chi connectivity index (χ4n) is 2.30. The second kappa shape index (κ2) is 7.40. The Bertz CT molecular complexity index is 890. The Labute approximate surface area is 145 Å². The number of para-hydroxylation sites is 1. The molecule has 5 nitrogen and oxygen atoms in total. The highest BCUT2D eigenvalue weighted by molar-refractivity contribution is 6.12. The van der Waals surface area contributed by atoms with Gasteiger partial charge in [-0.1, -0.05) is 36.4 Å². The molecule has 2 aromatic carbocycles. The van der Waals surface area contributed by atoms with Gasteiger partial charge in [-0.15, -0.1) is 0 Å². The van der Waals surface area contributed by atoms with Gasteiger partial charge in [-0.05, 0) is 42.8 Å². The van der Waals surface area contributed by atoms with Gasteiger partial charge in [-0.3, -0.25) is 9.59 Å². The van der Waals surface area contributed by atoms with Crippen molar-refractivity contribution in [2.75, 3.05) is 10.6 Å². The van der Waals surface area contributed by atoms with Gasteiger partial charge >= 0.3 is 0 Å². The Morgan fingerprint density at radius 3 is 2.24 bits per heavy atom. The monoisotopic (exact) mass is 331 g/mol. The average Bonchev–Trinajstić information content (AvgIpc) is 2.64. The number of nitrogens with zero attached hydrogens (tertiary/aromatic N) is 1. The van der Waals surface area contributed by atoms with Gasteiger partial charge in [0.15, 0.2) is 0 Å². The van der Waals surface area contributed by atoms with Crippen LogP contribution in [0.25, 0.3) is 0 Å². The number of hydrogen-bond acceptors (Lipinski definition) is 3. The molecule has 25 heavy (non-hydrogen) atoms. The first-order chi connectivity index (χ1) is 12.1. The summed E-state index contributed by atoms with van der Waals surface area (Å²) in [5.74, 6) is -0.144. The van der Waals surface area contributed by atoms with Gasteiger partial charge in [0.25, 0.3) is 11.8 Å². The molecule has 1 aromatic heterocycles. The molecule has 0 aliphatic rings. The number of amides is 2. The first-order valence-corrected chi connectivity index (χ1v) is 7.83. The van der Waals surface area contributed by atoms with Crippen molar-refractivity contribution >= 4 is 23.3 Å². The van der Waals surface area contributed by atoms with Crippen LogP contribution in [-0.4, -0.2) is 16.8 Å². The van der Waals surface area contributed by atoms with E-state index in [4.69, 9.17) is 0 Å². The molecule has 0 bridgehead atoms. The number of rotatable bonds is 4. The summed E-state index contributed by atoms with van der Waals surface area (Å²) in [5.41, 5.74) is 2.35. The van der Waals surface area contributed by atoms with E-state index in [1.807, 2.05) is 19.1 Å². The maximum atomic E-state index is 12.5. The van der Waals surface area contributed by atoms with E-state index < -0.39 is 0 Å². The van der Waals surface area contributed by atoms with Crippen LogP contribution in [0.5, 0.6) is 0 Å². The third kappa shape index (κ3) is 4.09. The molecule has 2 N–H and O–H groups in total. The number of aromatic nitrogens is 1. The summed E-state index contributed by atoms with van der Waals surface area (Å²) in [6.45, 7) is 1.92. The van der Waals surface area contributed by atoms with Crippen LogP contribution in [0.15, 0.2) is 72.9 Å². The molecule has 0 aliphatic heterocycles. The van der Waals surface area contributed by atoms with Gasteiger partial charge in [-0.2, -0.15) is 0 Å². The topological polar surface area (TPSA) is 71.1 Å². The van der Waals surface area contributed by atoms with Crippen molar-refractivity contribution < 1.29 is 9.59 Å². The fourth-order valence-corrected chi connectivity index (χ4v) is 2.30. The van der Waals surface area contributed by atoms with Crippen LogP contribution >= 0.6 is 0 Å². The molecule has 0 radical (unpaired) electrons. The molecule has 0 fully saturated rings. The number of hydrogen-bond donors (Lipinski definition) is 2. The van der Waals surface area contributed by atoms with Crippen LogP contribution in [-0.2, 0) is 0 Å². The van der Waals surface area contributed by atoms with E-state index in [2.05, 4.69) is 15.6 Å². The predicted molar refractivity (Wildman–Crippen MR) is 97.8 cm³/mol. The quantitative estimate of drug-likeness (QED) is 0.762. The van der Waals surface area contributed by atoms with Crippen molar-refractivity contribution in [1.29, 1.82) is 0 Å². The molecule has 3 aromatic rings. The van der Waals surface area contributed by atoms with Crippen molar-refractivity contribution in [2.45, 2.75) is 6.92 Å². The van der Waals surface area contributed by atoms with E-state index >= 15 is 0 Å². The third-order valence-electron chi connectivity index (χ3n) is 3.61. The summed E-state index contributed by atoms with van der Waals surface area (Å²) in [6, 6.07) is 19.3. The van der Waals surface area contributed by atoms with Crippen molar-refractivity contribution in [3.8, 4) is 0 Å². The standard InChI is InChI=1S/C20H17N3O2/c1-14-11-12-18(21-13-14)23-20(25)16-9-5-6-10-17(16)22-19(24)15-7-3-2-4-8-15/h2-13H,1H3,(H,22,24)(H,21,23,25). The largest absolute Gasteiger partial charge is 0.321 e. The Hall–Kier alpha value is -3.47. The zero-order valence-electron chi connectivity index (χ0n) is 13.7. The summed E-state index contributed by atoms with van der Waals surface area (Å²) in [7, 11) is 0. The first-order valence-electron chi connectivity index (χ1n) is 7.83. The molecule has 0 saturated carbocycles. The van der Waals surface area contributed by atoms with Gasteiger partial charge in [-0.25, -0.2) is 4.98 Å². The summed E-state index contributed by atoms with van der Waals surface area (Å²) in [5, 5.41) is 5.52. The SMILES string of the molecule is Cc1ccc(NC(=O)c2ccccc2NC(=O)c2ccccc2)nc1. The lowest BCUT2D eigenvalue weighted by Crippen LogP contribution is -2.18. The van der Waals surface area contributed by atoms with Crippen molar-refractivity contribution in [3.05, 3.63) is 89.6 Å². The molecular formula is C20H17N3O2. The van der Waals surface area contributed by atoms with Crippen LogP contribution < -0.4 is 10.6 Å². The van der Waals surface area contributed by atoms with E-state index in [0.29, 0.717) is 22.6 Å². The molecule has 0 saturated heterocycles. The minimum atomic E-state index is -0.333. The van der Waals surface area contributed by atoms with Crippen molar-refractivity contribution in [3.63, 3.8) is 0 Å². The number of carbonyl (C=O) groups is 2. The second-order valence-electron chi connectivity index (χ2n) is 5.54. The van der Waals surface area contributed by atoms with Crippen LogP contribution in [0.2, 0.25) is 0 Å². The maximum Gasteiger partial charge on any atom is 0.258 e. The van der Waals surface area contributed by atoms with Crippen molar-refractivity contribution in [1.82, 2.24) is 4.98 Å². The van der Waals surface area contributed by atoms with E-state index in [1.165, 1.54) is 0 Å². The average molecular weight is 331 g/mol. The smallest absolute Gasteiger partial charge is 0.258 e. The van der Waals surface area contributed by atoms with Crippen molar-refractivity contribution in [2.24, 2.45) is 0 Å². The Morgan fingerprint density at radius 2 is 1.52 bits per heavy atom. The molecule has 0 aliphatic carbocycles. The van der Waals surface area contributed by atoms with E-state index in [0.717, 1.165) is 5.56 Å². The number of aryl methyl sites for hydroxylation is 1. The first kappa shape index (κ1) is 16.4. The van der Waals surface area contributed by atoms with Crippen LogP contribution in [0.1, 0.15) is 26.3 Å². The van der Waals surface area contributed by atoms with Crippen LogP contribution in [0.4, 0.5) is 11.5 Å². The van der Waals surface area contributed by atoms with Gasteiger partial charge in [0.2, 0.25) is 0 Å². The van der Waals surface area contributed by atoms with E-state index in [1.54, 1.807) is 60.8 Å². The zero-order valence-corrected chi connectivity index (χ0v) is 13.7. The highest BCUT2D eigenvalue weighted by Crippen LogP contribution is 2.18. The lowest BCUT2D eigenvalue weighted by Gasteiger charge is -2.11. The number of anilines is 2. The fraction of sp³-hybridized carbons (Fsp3) is 0.0500. The minimum Gasteiger partial charge on any atom is -0.321 e. The zero-order chi connectivity index (χ0) is 17.6. The van der Waals surface area contributed by atoms with Gasteiger partial charge in [0.1, 0.15) is 5.82 Å². The normalized spacial score (nSPS) is 10.1. The molecule has 124 valence electrons. The van der Waals surface area contributed by atoms with Gasteiger partial charge in [0.05, 0.1) is 11.3 Å². The number of pyridine rings is 1. The molecule has 0 spiro atoms. The Morgan fingerprint density at radius 1 is 0.800 bits per heavy atom. The van der Waals surface area contributed by atoms with Gasteiger partial charge < -0.3 is 10.6 Å². The number of benzene rings is 2. The summed E-state index contributed by atoms with van der Waals surface area (Å²) in [6.07, 6.45) is 1.68. The molecule has 0 atom stereocenters. The summed E-state index contributed by atoms with van der Waals surface area (Å²) in [4.78, 5) is 29.0. The third-order valence-corrected chi connectivity index (χ3v) is 3.61. The second-order valence-corrected chi connectivity index (χ2v) is 5.54. The van der Waals surface area contributed by atoms with Gasteiger partial charge in [0, 0.05) is 11.8 Å². The lowest BCUT2D eigenvalue weighted by atomic mass is 10.1. The maximum absolute atomic E-state index is 12.5. The Kier molecular flexibility index (Phi) is 4.85. The van der Waals surface area contributed by atoms with Crippen LogP contribution in [0.3, 0.4) is 0 Å². The highest BCUT2D eigenvalue weighted by atomic mass is 16.2.